The second-order valence-corrected chi connectivity index (χ2v) is 31.7. The largest absolute Gasteiger partial charge is 0.450 e. The SMILES string of the molecule is CC(C)(C)[C@H](c1cc(-c2cc(F)ccc2F)cn1Cc1ccccc1)N(CC[C@H](N)C(=O)NCCC(=O)NCCCC[C@H](NC(=O)OCC[Si](C)(C)C)C(O)OCC[Si](C)(C)C)C(=O)CO. The number of nitrogens with two attached hydrogens (primary N) is 1. The Balaban J connectivity index is 1.58. The number of rotatable bonds is 27. The number of nitrogens with zero attached hydrogens (tertiary/aromatic N) is 2. The van der Waals surface area contributed by atoms with Gasteiger partial charge in [0.1, 0.15) is 18.2 Å². The van der Waals surface area contributed by atoms with Crippen LogP contribution in [-0.2, 0) is 30.4 Å². The van der Waals surface area contributed by atoms with E-state index in [4.69, 9.17) is 15.2 Å². The van der Waals surface area contributed by atoms with Crippen molar-refractivity contribution in [3.05, 3.63) is 83.7 Å². The molecule has 0 saturated carbocycles. The molecule has 3 rings (SSSR count). The quantitative estimate of drug-likeness (QED) is 0.0265. The molecule has 368 valence electrons. The Labute approximate surface area is 392 Å². The van der Waals surface area contributed by atoms with Crippen molar-refractivity contribution in [2.45, 2.75) is 135 Å². The molecule has 1 unspecified atom stereocenters. The first-order valence-electron chi connectivity index (χ1n) is 23.0. The zero-order chi connectivity index (χ0) is 49.2. The molecule has 0 aliphatic rings. The molecule has 0 bridgehead atoms. The van der Waals surface area contributed by atoms with Gasteiger partial charge in [-0.15, -0.1) is 0 Å². The van der Waals surface area contributed by atoms with Crippen LogP contribution in [0.3, 0.4) is 0 Å². The summed E-state index contributed by atoms with van der Waals surface area (Å²) in [5, 5.41) is 29.3. The van der Waals surface area contributed by atoms with Gasteiger partial charge in [0.2, 0.25) is 17.7 Å². The number of nitrogens with one attached hydrogen (secondary N) is 3. The van der Waals surface area contributed by atoms with Crippen molar-refractivity contribution in [1.82, 2.24) is 25.4 Å². The average molecular weight is 959 g/mol. The molecule has 1 heterocycles. The van der Waals surface area contributed by atoms with E-state index in [9.17, 15) is 33.8 Å². The maximum Gasteiger partial charge on any atom is 0.407 e. The summed E-state index contributed by atoms with van der Waals surface area (Å²) < 4.78 is 42.5. The Kier molecular flexibility index (Phi) is 22.2. The van der Waals surface area contributed by atoms with Gasteiger partial charge in [-0.2, -0.15) is 0 Å². The van der Waals surface area contributed by atoms with Crippen molar-refractivity contribution in [1.29, 1.82) is 0 Å². The lowest BCUT2D eigenvalue weighted by Gasteiger charge is -2.41. The van der Waals surface area contributed by atoms with Gasteiger partial charge in [-0.05, 0) is 73.0 Å². The number of aliphatic hydroxyl groups is 2. The van der Waals surface area contributed by atoms with Crippen LogP contribution in [0.1, 0.15) is 70.2 Å². The predicted octanol–water partition coefficient (Wildman–Crippen LogP) is 7.01. The maximum absolute atomic E-state index is 15.1. The molecule has 1 aromatic heterocycles. The van der Waals surface area contributed by atoms with Gasteiger partial charge < -0.3 is 50.8 Å². The van der Waals surface area contributed by atoms with Gasteiger partial charge in [0.25, 0.3) is 0 Å². The van der Waals surface area contributed by atoms with E-state index >= 15 is 4.39 Å². The van der Waals surface area contributed by atoms with Crippen molar-refractivity contribution in [2.24, 2.45) is 11.1 Å². The molecular weight excluding hydrogens is 883 g/mol. The predicted molar refractivity (Wildman–Crippen MR) is 260 cm³/mol. The van der Waals surface area contributed by atoms with E-state index in [1.165, 1.54) is 4.90 Å². The molecule has 4 amide bonds. The minimum atomic E-state index is -1.40. The molecule has 14 nitrogen and oxygen atoms in total. The van der Waals surface area contributed by atoms with Gasteiger partial charge in [-0.1, -0.05) is 90.4 Å². The second-order valence-electron chi connectivity index (χ2n) is 20.5. The summed E-state index contributed by atoms with van der Waals surface area (Å²) in [5.74, 6) is -2.62. The van der Waals surface area contributed by atoms with Crippen molar-refractivity contribution in [3.63, 3.8) is 0 Å². The van der Waals surface area contributed by atoms with Crippen LogP contribution in [0.4, 0.5) is 13.6 Å². The Bertz CT molecular complexity index is 2000. The van der Waals surface area contributed by atoms with Crippen molar-refractivity contribution in [3.8, 4) is 11.1 Å². The van der Waals surface area contributed by atoms with Crippen molar-refractivity contribution < 1.29 is 47.6 Å². The van der Waals surface area contributed by atoms with E-state index in [0.29, 0.717) is 56.8 Å². The van der Waals surface area contributed by atoms with Gasteiger partial charge in [0.15, 0.2) is 6.29 Å². The van der Waals surface area contributed by atoms with E-state index in [0.717, 1.165) is 35.9 Å². The van der Waals surface area contributed by atoms with Crippen LogP contribution in [-0.4, -0.2) is 117 Å². The monoisotopic (exact) mass is 959 g/mol. The Morgan fingerprint density at radius 3 is 2.18 bits per heavy atom. The third-order valence-electron chi connectivity index (χ3n) is 11.0. The fourth-order valence-corrected chi connectivity index (χ4v) is 8.72. The number of ether oxygens (including phenoxy) is 2. The summed E-state index contributed by atoms with van der Waals surface area (Å²) in [6, 6.07) is 13.7. The highest BCUT2D eigenvalue weighted by Gasteiger charge is 2.37. The van der Waals surface area contributed by atoms with Crippen LogP contribution < -0.4 is 21.7 Å². The number of carbonyl (C=O) groups is 4. The van der Waals surface area contributed by atoms with Crippen LogP contribution in [0.15, 0.2) is 60.8 Å². The third kappa shape index (κ3) is 19.8. The van der Waals surface area contributed by atoms with E-state index in [-0.39, 0.29) is 37.4 Å². The number of hydrogen-bond acceptors (Lipinski definition) is 9. The minimum Gasteiger partial charge on any atom is -0.450 e. The zero-order valence-corrected chi connectivity index (χ0v) is 42.6. The van der Waals surface area contributed by atoms with Crippen LogP contribution in [0.2, 0.25) is 51.4 Å². The molecule has 7 N–H and O–H groups in total. The third-order valence-corrected chi connectivity index (χ3v) is 14.4. The molecule has 0 spiro atoms. The minimum absolute atomic E-state index is 0.0105. The van der Waals surface area contributed by atoms with Crippen LogP contribution >= 0.6 is 0 Å². The fourth-order valence-electron chi connectivity index (χ4n) is 7.28. The van der Waals surface area contributed by atoms with Crippen LogP contribution in [0.25, 0.3) is 11.1 Å². The number of amides is 4. The number of benzene rings is 2. The standard InChI is InChI=1S/C48H76F2N6O8Si2/c1-48(2,3)44(41-29-35(37-30-36(49)18-19-38(37)50)32-55(41)31-34-15-11-10-12-16-34)56(43(59)33-57)24-21-39(51)45(60)53-23-20-42(58)52-22-14-13-17-40(46(61)63-25-27-65(4,5)6)54-47(62)64-26-28-66(7,8)9/h10-12,15-16,18-19,29-30,32,39-40,44,46,57,61H,13-14,17,20-28,31,33,51H2,1-9H3,(H,52,58)(H,53,60)(H,54,62)/t39-,40-,44-,46?/m0/s1. The molecule has 0 aliphatic heterocycles. The van der Waals surface area contributed by atoms with Crippen molar-refractivity contribution in [2.75, 3.05) is 39.5 Å². The fraction of sp³-hybridized carbons (Fsp3) is 0.583. The molecule has 4 atom stereocenters. The average Bonchev–Trinajstić information content (AvgIpc) is 3.62. The van der Waals surface area contributed by atoms with E-state index in [1.807, 2.05) is 55.7 Å². The Morgan fingerprint density at radius 1 is 0.879 bits per heavy atom. The number of aromatic nitrogens is 1. The summed E-state index contributed by atoms with van der Waals surface area (Å²) in [6.45, 7) is 19.5. The molecule has 0 aliphatic carbocycles. The summed E-state index contributed by atoms with van der Waals surface area (Å²) in [4.78, 5) is 53.4. The second kappa shape index (κ2) is 26.2. The topological polar surface area (TPSA) is 197 Å². The first-order chi connectivity index (χ1) is 30.9. The van der Waals surface area contributed by atoms with E-state index < -0.39 is 82.1 Å². The van der Waals surface area contributed by atoms with Gasteiger partial charge in [0.05, 0.1) is 24.7 Å². The highest BCUT2D eigenvalue weighted by atomic mass is 28.3. The lowest BCUT2D eigenvalue weighted by atomic mass is 9.82. The van der Waals surface area contributed by atoms with E-state index in [2.05, 4.69) is 55.2 Å². The van der Waals surface area contributed by atoms with E-state index in [1.54, 1.807) is 12.3 Å². The molecular formula is C48H76F2N6O8Si2. The number of carbonyl (C=O) groups excluding carboxylic acids is 4. The summed E-state index contributed by atoms with van der Waals surface area (Å²) >= 11 is 0. The number of halogens is 2. The summed E-state index contributed by atoms with van der Waals surface area (Å²) in [7, 11) is -2.80. The van der Waals surface area contributed by atoms with Gasteiger partial charge in [-0.25, -0.2) is 13.6 Å². The zero-order valence-electron chi connectivity index (χ0n) is 40.6. The summed E-state index contributed by atoms with van der Waals surface area (Å²) in [6.07, 6.45) is 1.44. The summed E-state index contributed by atoms with van der Waals surface area (Å²) in [5.41, 5.74) is 7.69. The molecule has 0 fully saturated rings. The highest BCUT2D eigenvalue weighted by molar-refractivity contribution is 6.76. The maximum atomic E-state index is 15.1. The number of aliphatic hydroxyl groups excluding tert-OH is 2. The van der Waals surface area contributed by atoms with Crippen LogP contribution in [0, 0.1) is 17.0 Å². The van der Waals surface area contributed by atoms with Crippen molar-refractivity contribution >= 4 is 40.0 Å². The number of unbranched alkanes of at least 4 members (excludes halogenated alkanes) is 1. The van der Waals surface area contributed by atoms with Crippen LogP contribution in [0.5, 0.6) is 0 Å². The normalized spacial score (nSPS) is 13.9. The number of hydrogen-bond donors (Lipinski definition) is 6. The molecule has 66 heavy (non-hydrogen) atoms. The first kappa shape index (κ1) is 55.9. The first-order valence-corrected chi connectivity index (χ1v) is 30.4. The lowest BCUT2D eigenvalue weighted by molar-refractivity contribution is -0.140. The van der Waals surface area contributed by atoms with Gasteiger partial charge >= 0.3 is 6.09 Å². The molecule has 3 aromatic rings. The number of alkyl carbamates (subject to hydrolysis) is 1. The highest BCUT2D eigenvalue weighted by Crippen LogP contribution is 2.41. The lowest BCUT2D eigenvalue weighted by Crippen LogP contribution is -2.47. The van der Waals surface area contributed by atoms with Gasteiger partial charge in [0, 0.05) is 78.4 Å². The molecule has 2 aromatic carbocycles. The molecule has 18 heteroatoms. The smallest absolute Gasteiger partial charge is 0.407 e. The molecule has 0 saturated heterocycles. The Morgan fingerprint density at radius 2 is 1.55 bits per heavy atom. The molecule has 0 radical (unpaired) electrons. The Hall–Kier alpha value is -4.47. The van der Waals surface area contributed by atoms with Gasteiger partial charge in [-0.3, -0.25) is 14.4 Å².